The van der Waals surface area contributed by atoms with Crippen molar-refractivity contribution < 1.29 is 14.3 Å². The van der Waals surface area contributed by atoms with Gasteiger partial charge in [0.25, 0.3) is 5.91 Å². The van der Waals surface area contributed by atoms with E-state index in [0.29, 0.717) is 22.9 Å². The maximum atomic E-state index is 12.3. The third kappa shape index (κ3) is 3.18. The molecule has 0 spiro atoms. The number of benzene rings is 2. The van der Waals surface area contributed by atoms with E-state index in [2.05, 4.69) is 36.8 Å². The van der Waals surface area contributed by atoms with E-state index >= 15 is 0 Å². The molecule has 9 heteroatoms. The molecule has 0 bridgehead atoms. The predicted molar refractivity (Wildman–Crippen MR) is 90.6 cm³/mol. The molecule has 8 nitrogen and oxygen atoms in total. The molecule has 1 aliphatic heterocycles. The lowest BCUT2D eigenvalue weighted by Gasteiger charge is -2.07. The van der Waals surface area contributed by atoms with Crippen LogP contribution in [-0.2, 0) is 6.54 Å². The first kappa shape index (κ1) is 15.6. The van der Waals surface area contributed by atoms with Gasteiger partial charge in [-0.25, -0.2) is 0 Å². The van der Waals surface area contributed by atoms with E-state index in [9.17, 15) is 4.79 Å². The van der Waals surface area contributed by atoms with E-state index in [1.54, 1.807) is 22.9 Å². The highest BCUT2D eigenvalue weighted by Gasteiger charge is 2.17. The molecule has 0 saturated heterocycles. The normalized spacial score (nSPS) is 12.2. The van der Waals surface area contributed by atoms with Gasteiger partial charge in [0.05, 0.1) is 12.2 Å². The van der Waals surface area contributed by atoms with E-state index in [1.165, 1.54) is 0 Å². The van der Waals surface area contributed by atoms with E-state index < -0.39 is 0 Å². The van der Waals surface area contributed by atoms with Crippen LogP contribution in [0.5, 0.6) is 11.5 Å². The summed E-state index contributed by atoms with van der Waals surface area (Å²) in [5.41, 5.74) is 1.28. The molecule has 0 aliphatic carbocycles. The Morgan fingerprint density at radius 3 is 2.80 bits per heavy atom. The number of fused-ring (bicyclic) bond motifs is 1. The summed E-state index contributed by atoms with van der Waals surface area (Å²) < 4.78 is 13.1. The van der Waals surface area contributed by atoms with Crippen molar-refractivity contribution in [2.75, 3.05) is 6.79 Å². The topological polar surface area (TPSA) is 91.2 Å². The number of rotatable bonds is 4. The van der Waals surface area contributed by atoms with Crippen molar-refractivity contribution in [1.82, 2.24) is 25.5 Å². The van der Waals surface area contributed by atoms with Crippen LogP contribution in [0.3, 0.4) is 0 Å². The van der Waals surface area contributed by atoms with Crippen molar-refractivity contribution in [1.29, 1.82) is 0 Å². The van der Waals surface area contributed by atoms with Gasteiger partial charge in [0.1, 0.15) is 0 Å². The zero-order chi connectivity index (χ0) is 17.2. The number of carbonyl (C=O) groups is 1. The fourth-order valence-corrected chi connectivity index (χ4v) is 2.66. The van der Waals surface area contributed by atoms with Crippen LogP contribution in [0.2, 0.25) is 0 Å². The number of ether oxygens (including phenoxy) is 2. The molecule has 2 aromatic carbocycles. The van der Waals surface area contributed by atoms with Crippen molar-refractivity contribution in [2.24, 2.45) is 0 Å². The van der Waals surface area contributed by atoms with Crippen LogP contribution in [0.4, 0.5) is 0 Å². The summed E-state index contributed by atoms with van der Waals surface area (Å²) in [7, 11) is 0. The molecule has 0 radical (unpaired) electrons. The summed E-state index contributed by atoms with van der Waals surface area (Å²) in [5.74, 6) is 1.48. The van der Waals surface area contributed by atoms with Gasteiger partial charge in [-0.3, -0.25) is 4.79 Å². The van der Waals surface area contributed by atoms with E-state index in [1.807, 2.05) is 24.3 Å². The number of hydrogen-bond acceptors (Lipinski definition) is 6. The summed E-state index contributed by atoms with van der Waals surface area (Å²) in [6.07, 6.45) is 0. The fourth-order valence-electron chi connectivity index (χ4n) is 2.40. The first-order valence-corrected chi connectivity index (χ1v) is 8.21. The molecule has 0 saturated carbocycles. The minimum absolute atomic E-state index is 0.169. The summed E-state index contributed by atoms with van der Waals surface area (Å²) in [6.45, 7) is 0.360. The van der Waals surface area contributed by atoms with Crippen molar-refractivity contribution >= 4 is 21.8 Å². The number of aromatic nitrogens is 4. The molecule has 3 aromatic rings. The average Bonchev–Trinajstić information content (AvgIpc) is 3.28. The highest BCUT2D eigenvalue weighted by atomic mass is 79.9. The lowest BCUT2D eigenvalue weighted by molar-refractivity contribution is 0.0949. The third-order valence-electron chi connectivity index (χ3n) is 3.65. The molecule has 0 atom stereocenters. The second kappa shape index (κ2) is 6.52. The standard InChI is InChI=1S/C16H12BrN5O3/c17-11-2-4-12(5-3-11)22-15(19-20-21-22)8-18-16(23)10-1-6-13-14(7-10)25-9-24-13/h1-7H,8-9H2,(H,18,23). The van der Waals surface area contributed by atoms with E-state index in [-0.39, 0.29) is 19.2 Å². The second-order valence-electron chi connectivity index (χ2n) is 5.23. The Labute approximate surface area is 150 Å². The highest BCUT2D eigenvalue weighted by Crippen LogP contribution is 2.32. The number of tetrazole rings is 1. The summed E-state index contributed by atoms with van der Waals surface area (Å²) in [5, 5.41) is 14.4. The lowest BCUT2D eigenvalue weighted by atomic mass is 10.2. The Morgan fingerprint density at radius 1 is 1.16 bits per heavy atom. The summed E-state index contributed by atoms with van der Waals surface area (Å²) in [6, 6.07) is 12.6. The molecular weight excluding hydrogens is 390 g/mol. The van der Waals surface area contributed by atoms with Gasteiger partial charge in [0.15, 0.2) is 17.3 Å². The van der Waals surface area contributed by atoms with Crippen molar-refractivity contribution in [2.45, 2.75) is 6.54 Å². The molecule has 1 N–H and O–H groups in total. The monoisotopic (exact) mass is 401 g/mol. The Kier molecular flexibility index (Phi) is 4.06. The van der Waals surface area contributed by atoms with Crippen LogP contribution in [0.25, 0.3) is 5.69 Å². The third-order valence-corrected chi connectivity index (χ3v) is 4.18. The van der Waals surface area contributed by atoms with Gasteiger partial charge >= 0.3 is 0 Å². The van der Waals surface area contributed by atoms with Crippen molar-refractivity contribution in [3.8, 4) is 17.2 Å². The predicted octanol–water partition coefficient (Wildman–Crippen LogP) is 2.08. The van der Waals surface area contributed by atoms with E-state index in [0.717, 1.165) is 10.2 Å². The molecule has 126 valence electrons. The summed E-state index contributed by atoms with van der Waals surface area (Å²) >= 11 is 3.39. The van der Waals surface area contributed by atoms with E-state index in [4.69, 9.17) is 9.47 Å². The maximum absolute atomic E-state index is 12.3. The Hall–Kier alpha value is -2.94. The van der Waals surface area contributed by atoms with Crippen LogP contribution in [0.15, 0.2) is 46.9 Å². The molecule has 1 amide bonds. The van der Waals surface area contributed by atoms with Crippen LogP contribution in [0, 0.1) is 0 Å². The first-order chi connectivity index (χ1) is 12.2. The quantitative estimate of drug-likeness (QED) is 0.719. The van der Waals surface area contributed by atoms with Gasteiger partial charge in [-0.05, 0) is 52.9 Å². The van der Waals surface area contributed by atoms with Gasteiger partial charge in [0, 0.05) is 10.0 Å². The smallest absolute Gasteiger partial charge is 0.251 e. The molecular formula is C16H12BrN5O3. The van der Waals surface area contributed by atoms with Gasteiger partial charge in [-0.15, -0.1) is 5.10 Å². The lowest BCUT2D eigenvalue weighted by Crippen LogP contribution is -2.24. The van der Waals surface area contributed by atoms with Crippen molar-refractivity contribution in [3.63, 3.8) is 0 Å². The minimum atomic E-state index is -0.247. The Morgan fingerprint density at radius 2 is 1.96 bits per heavy atom. The number of carbonyl (C=O) groups excluding carboxylic acids is 1. The Bertz CT molecular complexity index is 926. The second-order valence-corrected chi connectivity index (χ2v) is 6.15. The Balaban J connectivity index is 1.48. The first-order valence-electron chi connectivity index (χ1n) is 7.42. The number of amides is 1. The average molecular weight is 402 g/mol. The zero-order valence-corrected chi connectivity index (χ0v) is 14.4. The molecule has 4 rings (SSSR count). The van der Waals surface area contributed by atoms with Gasteiger partial charge in [-0.1, -0.05) is 15.9 Å². The maximum Gasteiger partial charge on any atom is 0.251 e. The molecule has 1 aromatic heterocycles. The fraction of sp³-hybridized carbons (Fsp3) is 0.125. The molecule has 2 heterocycles. The molecule has 25 heavy (non-hydrogen) atoms. The molecule has 1 aliphatic rings. The summed E-state index contributed by atoms with van der Waals surface area (Å²) in [4.78, 5) is 12.3. The molecule has 0 fully saturated rings. The van der Waals surface area contributed by atoms with Gasteiger partial charge < -0.3 is 14.8 Å². The SMILES string of the molecule is O=C(NCc1nnnn1-c1ccc(Br)cc1)c1ccc2c(c1)OCO2. The van der Waals surface area contributed by atoms with Gasteiger partial charge in [-0.2, -0.15) is 4.68 Å². The zero-order valence-electron chi connectivity index (χ0n) is 12.8. The largest absolute Gasteiger partial charge is 0.454 e. The van der Waals surface area contributed by atoms with Crippen LogP contribution >= 0.6 is 15.9 Å². The number of nitrogens with one attached hydrogen (secondary N) is 1. The van der Waals surface area contributed by atoms with Crippen LogP contribution in [0.1, 0.15) is 16.2 Å². The van der Waals surface area contributed by atoms with Gasteiger partial charge in [0.2, 0.25) is 6.79 Å². The number of nitrogens with zero attached hydrogens (tertiary/aromatic N) is 4. The number of hydrogen-bond donors (Lipinski definition) is 1. The molecule has 0 unspecified atom stereocenters. The highest BCUT2D eigenvalue weighted by molar-refractivity contribution is 9.10. The number of halogens is 1. The van der Waals surface area contributed by atoms with Crippen LogP contribution < -0.4 is 14.8 Å². The van der Waals surface area contributed by atoms with Crippen LogP contribution in [-0.4, -0.2) is 32.9 Å². The van der Waals surface area contributed by atoms with Crippen molar-refractivity contribution in [3.05, 3.63) is 58.3 Å². The minimum Gasteiger partial charge on any atom is -0.454 e.